The lowest BCUT2D eigenvalue weighted by Gasteiger charge is -2.34. The summed E-state index contributed by atoms with van der Waals surface area (Å²) in [6.45, 7) is 2.26. The van der Waals surface area contributed by atoms with E-state index in [9.17, 15) is 9.59 Å². The minimum absolute atomic E-state index is 0. The van der Waals surface area contributed by atoms with Crippen molar-refractivity contribution in [1.29, 1.82) is 0 Å². The predicted octanol–water partition coefficient (Wildman–Crippen LogP) is 1.28. The summed E-state index contributed by atoms with van der Waals surface area (Å²) in [5.41, 5.74) is 8.07. The first-order valence-corrected chi connectivity index (χ1v) is 9.06. The maximum atomic E-state index is 13.0. The van der Waals surface area contributed by atoms with Crippen LogP contribution in [0.1, 0.15) is 40.5 Å². The van der Waals surface area contributed by atoms with Gasteiger partial charge in [0.25, 0.3) is 5.91 Å². The van der Waals surface area contributed by atoms with Gasteiger partial charge in [0.2, 0.25) is 5.91 Å². The van der Waals surface area contributed by atoms with Gasteiger partial charge in [-0.05, 0) is 36.6 Å². The zero-order chi connectivity index (χ0) is 18.1. The zero-order valence-corrected chi connectivity index (χ0v) is 15.8. The van der Waals surface area contributed by atoms with Crippen molar-refractivity contribution < 1.29 is 9.59 Å². The fraction of sp³-hybridized carbons (Fsp3) is 0.421. The second kappa shape index (κ2) is 8.10. The Morgan fingerprint density at radius 3 is 2.67 bits per heavy atom. The normalized spacial score (nSPS) is 21.9. The maximum absolute atomic E-state index is 13.0. The summed E-state index contributed by atoms with van der Waals surface area (Å²) in [5.74, 6) is -0.727. The number of fused-ring (bicyclic) bond motifs is 1. The number of amides is 2. The third-order valence-corrected chi connectivity index (χ3v) is 5.31. The van der Waals surface area contributed by atoms with Crippen molar-refractivity contribution in [3.8, 4) is 0 Å². The van der Waals surface area contributed by atoms with Crippen molar-refractivity contribution in [2.24, 2.45) is 5.73 Å². The van der Waals surface area contributed by atoms with Crippen LogP contribution in [0.2, 0.25) is 0 Å². The Balaban J connectivity index is 0.00000210. The average molecular weight is 390 g/mol. The molecule has 0 saturated carbocycles. The van der Waals surface area contributed by atoms with E-state index in [1.54, 1.807) is 11.0 Å². The highest BCUT2D eigenvalue weighted by Crippen LogP contribution is 2.25. The van der Waals surface area contributed by atoms with Gasteiger partial charge in [-0.1, -0.05) is 24.3 Å². The van der Waals surface area contributed by atoms with Crippen LogP contribution in [0.3, 0.4) is 0 Å². The Bertz CT molecular complexity index is 831. The Morgan fingerprint density at radius 2 is 1.96 bits per heavy atom. The van der Waals surface area contributed by atoms with E-state index in [-0.39, 0.29) is 24.4 Å². The highest BCUT2D eigenvalue weighted by molar-refractivity contribution is 5.96. The molecule has 1 saturated heterocycles. The number of carbonyl (C=O) groups excluding carboxylic acids is 2. The lowest BCUT2D eigenvalue weighted by Crippen LogP contribution is -2.51. The molecule has 0 spiro atoms. The maximum Gasteiger partial charge on any atom is 0.275 e. The molecule has 2 atom stereocenters. The topological polar surface area (TPSA) is 93.3 Å². The van der Waals surface area contributed by atoms with E-state index in [1.165, 1.54) is 0 Å². The Kier molecular flexibility index (Phi) is 5.82. The summed E-state index contributed by atoms with van der Waals surface area (Å²) in [7, 11) is 0. The number of hydrogen-bond donors (Lipinski definition) is 2. The third kappa shape index (κ3) is 3.84. The van der Waals surface area contributed by atoms with E-state index in [2.05, 4.69) is 10.4 Å². The standard InChI is InChI=1S/C19H23N5O2.ClH/c20-18(25)17-10-13-4-1-2-5-14(13)12-23(17)19(26)16-7-9-24(22-16)15-6-3-8-21-11-15;/h1-2,4-5,7,9,15,17,21H,3,6,8,10-12H2,(H2,20,25);1H. The van der Waals surface area contributed by atoms with E-state index in [4.69, 9.17) is 5.73 Å². The van der Waals surface area contributed by atoms with Gasteiger partial charge in [-0.2, -0.15) is 5.10 Å². The average Bonchev–Trinajstić information content (AvgIpc) is 3.17. The van der Waals surface area contributed by atoms with E-state index in [0.29, 0.717) is 18.7 Å². The van der Waals surface area contributed by atoms with Crippen LogP contribution in [0.4, 0.5) is 0 Å². The monoisotopic (exact) mass is 389 g/mol. The number of carbonyl (C=O) groups is 2. The molecular formula is C19H24ClN5O2. The van der Waals surface area contributed by atoms with Crippen molar-refractivity contribution >= 4 is 24.2 Å². The highest BCUT2D eigenvalue weighted by atomic mass is 35.5. The Labute approximate surface area is 164 Å². The highest BCUT2D eigenvalue weighted by Gasteiger charge is 2.34. The summed E-state index contributed by atoms with van der Waals surface area (Å²) in [6, 6.07) is 9.20. The molecule has 1 aromatic heterocycles. The summed E-state index contributed by atoms with van der Waals surface area (Å²) in [6.07, 6.45) is 4.44. The van der Waals surface area contributed by atoms with Crippen molar-refractivity contribution in [1.82, 2.24) is 20.0 Å². The number of halogens is 1. The number of primary amides is 1. The van der Waals surface area contributed by atoms with Crippen LogP contribution in [0.25, 0.3) is 0 Å². The van der Waals surface area contributed by atoms with Gasteiger partial charge in [-0.15, -0.1) is 12.4 Å². The van der Waals surface area contributed by atoms with Crippen LogP contribution >= 0.6 is 12.4 Å². The van der Waals surface area contributed by atoms with Gasteiger partial charge in [0, 0.05) is 25.7 Å². The molecule has 0 bridgehead atoms. The largest absolute Gasteiger partial charge is 0.368 e. The number of nitrogens with two attached hydrogens (primary N) is 1. The number of benzene rings is 1. The van der Waals surface area contributed by atoms with Gasteiger partial charge in [0.1, 0.15) is 11.7 Å². The molecule has 0 aliphatic carbocycles. The molecule has 2 unspecified atom stereocenters. The van der Waals surface area contributed by atoms with E-state index in [0.717, 1.165) is 37.1 Å². The molecule has 2 aromatic rings. The number of hydrogen-bond acceptors (Lipinski definition) is 4. The number of rotatable bonds is 3. The minimum Gasteiger partial charge on any atom is -0.368 e. The van der Waals surface area contributed by atoms with Gasteiger partial charge in [-0.25, -0.2) is 0 Å². The number of aromatic nitrogens is 2. The molecular weight excluding hydrogens is 366 g/mol. The summed E-state index contributed by atoms with van der Waals surface area (Å²) >= 11 is 0. The van der Waals surface area contributed by atoms with Crippen molar-refractivity contribution in [2.45, 2.75) is 37.9 Å². The van der Waals surface area contributed by atoms with Crippen molar-refractivity contribution in [2.75, 3.05) is 13.1 Å². The van der Waals surface area contributed by atoms with Crippen molar-refractivity contribution in [3.05, 3.63) is 53.3 Å². The summed E-state index contributed by atoms with van der Waals surface area (Å²) in [5, 5.41) is 7.84. The number of nitrogens with one attached hydrogen (secondary N) is 1. The van der Waals surface area contributed by atoms with Crippen molar-refractivity contribution in [3.63, 3.8) is 0 Å². The molecule has 144 valence electrons. The molecule has 2 aliphatic rings. The van der Waals surface area contributed by atoms with Gasteiger partial charge in [0.05, 0.1) is 6.04 Å². The van der Waals surface area contributed by atoms with Gasteiger partial charge in [-0.3, -0.25) is 14.3 Å². The second-order valence-electron chi connectivity index (χ2n) is 7.01. The summed E-state index contributed by atoms with van der Waals surface area (Å²) in [4.78, 5) is 26.6. The van der Waals surface area contributed by atoms with Gasteiger partial charge >= 0.3 is 0 Å². The molecule has 1 aromatic carbocycles. The second-order valence-corrected chi connectivity index (χ2v) is 7.01. The molecule has 27 heavy (non-hydrogen) atoms. The Morgan fingerprint density at radius 1 is 1.19 bits per heavy atom. The van der Waals surface area contributed by atoms with Crippen LogP contribution in [0.5, 0.6) is 0 Å². The molecule has 3 N–H and O–H groups in total. The minimum atomic E-state index is -0.640. The lowest BCUT2D eigenvalue weighted by atomic mass is 9.93. The molecule has 3 heterocycles. The smallest absolute Gasteiger partial charge is 0.275 e. The molecule has 8 heteroatoms. The molecule has 2 amide bonds. The quantitative estimate of drug-likeness (QED) is 0.827. The van der Waals surface area contributed by atoms with Gasteiger partial charge in [0.15, 0.2) is 0 Å². The third-order valence-electron chi connectivity index (χ3n) is 5.31. The molecule has 0 radical (unpaired) electrons. The van der Waals surface area contributed by atoms with E-state index in [1.807, 2.05) is 35.1 Å². The lowest BCUT2D eigenvalue weighted by molar-refractivity contribution is -0.122. The van der Waals surface area contributed by atoms with E-state index >= 15 is 0 Å². The van der Waals surface area contributed by atoms with Gasteiger partial charge < -0.3 is 16.0 Å². The fourth-order valence-corrected chi connectivity index (χ4v) is 3.85. The van der Waals surface area contributed by atoms with Crippen LogP contribution < -0.4 is 11.1 Å². The molecule has 2 aliphatic heterocycles. The van der Waals surface area contributed by atoms with Crippen LogP contribution in [0, 0.1) is 0 Å². The van der Waals surface area contributed by atoms with Crippen LogP contribution in [-0.4, -0.2) is 45.6 Å². The van der Waals surface area contributed by atoms with E-state index < -0.39 is 11.9 Å². The zero-order valence-electron chi connectivity index (χ0n) is 15.0. The molecule has 1 fully saturated rings. The van der Waals surface area contributed by atoms with Crippen LogP contribution in [0.15, 0.2) is 36.5 Å². The fourth-order valence-electron chi connectivity index (χ4n) is 3.85. The molecule has 4 rings (SSSR count). The summed E-state index contributed by atoms with van der Waals surface area (Å²) < 4.78 is 1.86. The first-order chi connectivity index (χ1) is 12.6. The number of piperidine rings is 1. The Hall–Kier alpha value is -2.38. The van der Waals surface area contributed by atoms with Crippen LogP contribution in [-0.2, 0) is 17.8 Å². The number of nitrogens with zero attached hydrogens (tertiary/aromatic N) is 3. The predicted molar refractivity (Wildman–Crippen MR) is 104 cm³/mol. The SMILES string of the molecule is Cl.NC(=O)C1Cc2ccccc2CN1C(=O)c1ccn(C2CCCNC2)n1. The first-order valence-electron chi connectivity index (χ1n) is 9.06. The first kappa shape index (κ1) is 19.4. The molecule has 7 nitrogen and oxygen atoms in total.